The third-order valence-electron chi connectivity index (χ3n) is 5.15. The Labute approximate surface area is 174 Å². The number of benzene rings is 2. The van der Waals surface area contributed by atoms with Gasteiger partial charge in [-0.15, -0.1) is 0 Å². The van der Waals surface area contributed by atoms with E-state index in [1.807, 2.05) is 19.1 Å². The number of aliphatic hydroxyl groups is 1. The van der Waals surface area contributed by atoms with Crippen molar-refractivity contribution in [2.24, 2.45) is 0 Å². The molecule has 6 heteroatoms. The number of nitrogens with zero attached hydrogens (tertiary/aromatic N) is 2. The molecule has 6 nitrogen and oxygen atoms in total. The first-order valence-electron chi connectivity index (χ1n) is 9.45. The van der Waals surface area contributed by atoms with Gasteiger partial charge in [-0.25, -0.2) is 0 Å². The minimum Gasteiger partial charge on any atom is -0.507 e. The fraction of sp³-hybridized carbons (Fsp3) is 0.125. The summed E-state index contributed by atoms with van der Waals surface area (Å²) < 4.78 is 5.15. The van der Waals surface area contributed by atoms with Crippen molar-refractivity contribution in [3.8, 4) is 5.75 Å². The van der Waals surface area contributed by atoms with Crippen LogP contribution in [0.2, 0.25) is 0 Å². The molecule has 0 bridgehead atoms. The number of methoxy groups -OCH3 is 1. The maximum Gasteiger partial charge on any atom is 0.300 e. The second-order valence-electron chi connectivity index (χ2n) is 6.94. The summed E-state index contributed by atoms with van der Waals surface area (Å²) in [4.78, 5) is 31.9. The number of anilines is 1. The summed E-state index contributed by atoms with van der Waals surface area (Å²) >= 11 is 0. The van der Waals surface area contributed by atoms with Gasteiger partial charge < -0.3 is 9.84 Å². The quantitative estimate of drug-likeness (QED) is 0.406. The van der Waals surface area contributed by atoms with E-state index in [1.54, 1.807) is 67.9 Å². The van der Waals surface area contributed by atoms with Gasteiger partial charge >= 0.3 is 0 Å². The van der Waals surface area contributed by atoms with Crippen LogP contribution >= 0.6 is 0 Å². The van der Waals surface area contributed by atoms with Gasteiger partial charge in [0.05, 0.1) is 18.4 Å². The number of Topliss-reactive ketones (excluding diaryl/α,β-unsaturated/α-hetero) is 1. The molecule has 2 aromatic carbocycles. The molecule has 1 aliphatic heterocycles. The van der Waals surface area contributed by atoms with Crippen LogP contribution in [-0.4, -0.2) is 28.9 Å². The highest BCUT2D eigenvalue weighted by Crippen LogP contribution is 2.42. The average Bonchev–Trinajstić information content (AvgIpc) is 3.05. The van der Waals surface area contributed by atoms with Crippen molar-refractivity contribution < 1.29 is 19.4 Å². The Morgan fingerprint density at radius 3 is 2.33 bits per heavy atom. The van der Waals surface area contributed by atoms with Gasteiger partial charge in [-0.05, 0) is 55.0 Å². The summed E-state index contributed by atoms with van der Waals surface area (Å²) in [6, 6.07) is 18.4. The Hall–Kier alpha value is -3.93. The Balaban J connectivity index is 1.93. The number of hydrogen-bond donors (Lipinski definition) is 1. The number of rotatable bonds is 4. The van der Waals surface area contributed by atoms with Crippen molar-refractivity contribution in [3.63, 3.8) is 0 Å². The number of aromatic nitrogens is 1. The van der Waals surface area contributed by atoms with Crippen LogP contribution in [0.15, 0.2) is 78.5 Å². The maximum absolute atomic E-state index is 13.1. The zero-order valence-corrected chi connectivity index (χ0v) is 16.6. The van der Waals surface area contributed by atoms with Gasteiger partial charge in [-0.2, -0.15) is 0 Å². The first-order chi connectivity index (χ1) is 14.5. The van der Waals surface area contributed by atoms with Crippen LogP contribution in [0, 0.1) is 6.92 Å². The van der Waals surface area contributed by atoms with E-state index in [0.717, 1.165) is 5.56 Å². The summed E-state index contributed by atoms with van der Waals surface area (Å²) in [6.07, 6.45) is 1.60. The van der Waals surface area contributed by atoms with Crippen molar-refractivity contribution in [2.75, 3.05) is 12.0 Å². The Morgan fingerprint density at radius 2 is 1.70 bits per heavy atom. The fourth-order valence-electron chi connectivity index (χ4n) is 3.64. The number of carbonyl (C=O) groups is 2. The number of hydrogen-bond acceptors (Lipinski definition) is 5. The second-order valence-corrected chi connectivity index (χ2v) is 6.94. The van der Waals surface area contributed by atoms with E-state index in [2.05, 4.69) is 4.98 Å². The van der Waals surface area contributed by atoms with Crippen LogP contribution in [-0.2, 0) is 9.59 Å². The summed E-state index contributed by atoms with van der Waals surface area (Å²) in [5.41, 5.74) is 2.36. The molecule has 1 N–H and O–H groups in total. The lowest BCUT2D eigenvalue weighted by molar-refractivity contribution is -0.132. The predicted octanol–water partition coefficient (Wildman–Crippen LogP) is 4.02. The van der Waals surface area contributed by atoms with Gasteiger partial charge in [0.25, 0.3) is 11.7 Å². The van der Waals surface area contributed by atoms with Crippen molar-refractivity contribution in [1.82, 2.24) is 4.98 Å². The third kappa shape index (κ3) is 3.22. The van der Waals surface area contributed by atoms with E-state index in [-0.39, 0.29) is 11.3 Å². The third-order valence-corrected chi connectivity index (χ3v) is 5.15. The molecular formula is C24H20N2O4. The zero-order valence-electron chi connectivity index (χ0n) is 16.6. The van der Waals surface area contributed by atoms with Gasteiger partial charge in [0.2, 0.25) is 0 Å². The smallest absolute Gasteiger partial charge is 0.300 e. The lowest BCUT2D eigenvalue weighted by Gasteiger charge is -2.26. The molecule has 0 radical (unpaired) electrons. The number of aliphatic hydroxyl groups excluding tert-OH is 1. The van der Waals surface area contributed by atoms with Crippen molar-refractivity contribution in [2.45, 2.75) is 13.0 Å². The van der Waals surface area contributed by atoms with Crippen LogP contribution in [0.3, 0.4) is 0 Å². The molecule has 4 rings (SSSR count). The van der Waals surface area contributed by atoms with Crippen molar-refractivity contribution in [3.05, 3.63) is 95.3 Å². The van der Waals surface area contributed by atoms with Gasteiger partial charge in [-0.3, -0.25) is 19.5 Å². The molecule has 30 heavy (non-hydrogen) atoms. The molecule has 2 heterocycles. The second kappa shape index (κ2) is 7.83. The molecule has 3 aromatic rings. The van der Waals surface area contributed by atoms with E-state index in [0.29, 0.717) is 22.7 Å². The molecule has 1 aliphatic rings. The summed E-state index contributed by atoms with van der Waals surface area (Å²) in [6.45, 7) is 1.87. The number of amides is 1. The monoisotopic (exact) mass is 400 g/mol. The standard InChI is InChI=1S/C24H20N2O4/c1-15-7-3-4-9-19(15)26-21(18-8-5-6-14-25-18)20(23(28)24(26)29)22(27)16-10-12-17(30-2)13-11-16/h3-14,21,27H,1-2H3/b22-20-. The molecule has 1 fully saturated rings. The van der Waals surface area contributed by atoms with Gasteiger partial charge in [0.1, 0.15) is 17.6 Å². The fourth-order valence-corrected chi connectivity index (χ4v) is 3.64. The lowest BCUT2D eigenvalue weighted by atomic mass is 9.98. The van der Waals surface area contributed by atoms with Gasteiger partial charge in [0.15, 0.2) is 0 Å². The number of ketones is 1. The Kier molecular flexibility index (Phi) is 5.06. The number of para-hydroxylation sites is 1. The van der Waals surface area contributed by atoms with Crippen LogP contribution in [0.25, 0.3) is 5.76 Å². The van der Waals surface area contributed by atoms with Gasteiger partial charge in [-0.1, -0.05) is 24.3 Å². The largest absolute Gasteiger partial charge is 0.507 e. The molecular weight excluding hydrogens is 380 g/mol. The number of pyridine rings is 1. The Bertz CT molecular complexity index is 1140. The van der Waals surface area contributed by atoms with E-state index in [9.17, 15) is 14.7 Å². The highest BCUT2D eigenvalue weighted by Gasteiger charge is 2.47. The average molecular weight is 400 g/mol. The van der Waals surface area contributed by atoms with Crippen LogP contribution in [0.1, 0.15) is 22.9 Å². The Morgan fingerprint density at radius 1 is 1.00 bits per heavy atom. The van der Waals surface area contributed by atoms with Crippen LogP contribution < -0.4 is 9.64 Å². The molecule has 1 atom stereocenters. The molecule has 150 valence electrons. The van der Waals surface area contributed by atoms with E-state index >= 15 is 0 Å². The maximum atomic E-state index is 13.1. The van der Waals surface area contributed by atoms with Crippen molar-refractivity contribution >= 4 is 23.1 Å². The zero-order chi connectivity index (χ0) is 21.3. The van der Waals surface area contributed by atoms with Gasteiger partial charge in [0, 0.05) is 17.4 Å². The molecule has 1 amide bonds. The summed E-state index contributed by atoms with van der Waals surface area (Å²) in [5.74, 6) is -1.08. The first kappa shape index (κ1) is 19.4. The molecule has 1 unspecified atom stereocenters. The van der Waals surface area contributed by atoms with Crippen LogP contribution in [0.5, 0.6) is 5.75 Å². The summed E-state index contributed by atoms with van der Waals surface area (Å²) in [5, 5.41) is 11.0. The summed E-state index contributed by atoms with van der Waals surface area (Å²) in [7, 11) is 1.55. The van der Waals surface area contributed by atoms with E-state index in [4.69, 9.17) is 4.74 Å². The van der Waals surface area contributed by atoms with E-state index < -0.39 is 17.7 Å². The highest BCUT2D eigenvalue weighted by atomic mass is 16.5. The normalized spacial score (nSPS) is 17.9. The van der Waals surface area contributed by atoms with Crippen molar-refractivity contribution in [1.29, 1.82) is 0 Å². The number of carbonyl (C=O) groups excluding carboxylic acids is 2. The number of aryl methyl sites for hydroxylation is 1. The minimum absolute atomic E-state index is 0.00659. The minimum atomic E-state index is -0.839. The topological polar surface area (TPSA) is 79.7 Å². The lowest BCUT2D eigenvalue weighted by Crippen LogP contribution is -2.30. The van der Waals surface area contributed by atoms with E-state index in [1.165, 1.54) is 4.90 Å². The molecule has 0 spiro atoms. The molecule has 1 aromatic heterocycles. The predicted molar refractivity (Wildman–Crippen MR) is 113 cm³/mol. The molecule has 0 saturated carbocycles. The molecule has 1 saturated heterocycles. The number of ether oxygens (including phenoxy) is 1. The molecule has 0 aliphatic carbocycles. The SMILES string of the molecule is COc1ccc(/C(O)=C2/C(=O)C(=O)N(c3ccccc3C)C2c2ccccn2)cc1. The highest BCUT2D eigenvalue weighted by molar-refractivity contribution is 6.51. The van der Waals surface area contributed by atoms with Crippen LogP contribution in [0.4, 0.5) is 5.69 Å². The first-order valence-corrected chi connectivity index (χ1v) is 9.45.